The second-order valence-electron chi connectivity index (χ2n) is 5.40. The van der Waals surface area contributed by atoms with Crippen LogP contribution < -0.4 is 10.1 Å². The van der Waals surface area contributed by atoms with E-state index in [2.05, 4.69) is 37.4 Å². The summed E-state index contributed by atoms with van der Waals surface area (Å²) < 4.78 is 11.4. The smallest absolute Gasteiger partial charge is 0.119 e. The van der Waals surface area contributed by atoms with Crippen molar-refractivity contribution in [1.82, 2.24) is 5.32 Å². The summed E-state index contributed by atoms with van der Waals surface area (Å²) in [5.74, 6) is 0.948. The third kappa shape index (κ3) is 3.53. The van der Waals surface area contributed by atoms with Gasteiger partial charge in [0, 0.05) is 6.61 Å². The standard InChI is InChI=1S/C17H27NO2/c1-4-6-11-20-16-10-7-13-12-14(19-3)8-9-15(13)17(16)18-5-2/h8-9,12,16-18H,4-7,10-11H2,1-3H3. The molecule has 1 aliphatic carbocycles. The number of nitrogens with one attached hydrogen (secondary N) is 1. The minimum atomic E-state index is 0.294. The van der Waals surface area contributed by atoms with Crippen molar-refractivity contribution in [1.29, 1.82) is 0 Å². The van der Waals surface area contributed by atoms with E-state index in [4.69, 9.17) is 9.47 Å². The van der Waals surface area contributed by atoms with Crippen LogP contribution in [0.15, 0.2) is 18.2 Å². The monoisotopic (exact) mass is 277 g/mol. The SMILES string of the molecule is CCCCOC1CCc2cc(OC)ccc2C1NCC. The molecule has 2 rings (SSSR count). The van der Waals surface area contributed by atoms with E-state index in [0.717, 1.165) is 38.2 Å². The van der Waals surface area contributed by atoms with Gasteiger partial charge < -0.3 is 14.8 Å². The molecule has 112 valence electrons. The number of benzene rings is 1. The fraction of sp³-hybridized carbons (Fsp3) is 0.647. The third-order valence-corrected chi connectivity index (χ3v) is 4.01. The first-order valence-corrected chi connectivity index (χ1v) is 7.82. The number of ether oxygens (including phenoxy) is 2. The fourth-order valence-electron chi connectivity index (χ4n) is 2.91. The molecule has 1 N–H and O–H groups in total. The van der Waals surface area contributed by atoms with Gasteiger partial charge in [0.25, 0.3) is 0 Å². The molecular weight excluding hydrogens is 250 g/mol. The van der Waals surface area contributed by atoms with Gasteiger partial charge in [0.15, 0.2) is 0 Å². The van der Waals surface area contributed by atoms with Crippen LogP contribution in [0.25, 0.3) is 0 Å². The van der Waals surface area contributed by atoms with E-state index in [1.807, 2.05) is 0 Å². The van der Waals surface area contributed by atoms with Gasteiger partial charge in [0.05, 0.1) is 19.3 Å². The van der Waals surface area contributed by atoms with Gasteiger partial charge in [0.1, 0.15) is 5.75 Å². The molecule has 3 heteroatoms. The molecule has 3 nitrogen and oxygen atoms in total. The Kier molecular flexibility index (Phi) is 5.86. The number of likely N-dealkylation sites (N-methyl/N-ethyl adjacent to an activating group) is 1. The normalized spacial score (nSPS) is 21.6. The highest BCUT2D eigenvalue weighted by atomic mass is 16.5. The van der Waals surface area contributed by atoms with Crippen LogP contribution in [0, 0.1) is 0 Å². The second kappa shape index (κ2) is 7.65. The third-order valence-electron chi connectivity index (χ3n) is 4.01. The quantitative estimate of drug-likeness (QED) is 0.774. The molecule has 0 saturated carbocycles. The van der Waals surface area contributed by atoms with Gasteiger partial charge in [-0.25, -0.2) is 0 Å². The Labute approximate surface area is 122 Å². The lowest BCUT2D eigenvalue weighted by Gasteiger charge is -2.34. The maximum atomic E-state index is 6.11. The Balaban J connectivity index is 2.14. The lowest BCUT2D eigenvalue weighted by Crippen LogP contribution is -2.37. The summed E-state index contributed by atoms with van der Waals surface area (Å²) in [7, 11) is 1.73. The number of hydrogen-bond donors (Lipinski definition) is 1. The van der Waals surface area contributed by atoms with Crippen LogP contribution in [0.1, 0.15) is 50.3 Å². The van der Waals surface area contributed by atoms with Crippen molar-refractivity contribution in [3.63, 3.8) is 0 Å². The lowest BCUT2D eigenvalue weighted by atomic mass is 9.85. The highest BCUT2D eigenvalue weighted by molar-refractivity contribution is 5.39. The van der Waals surface area contributed by atoms with Gasteiger partial charge in [-0.1, -0.05) is 26.3 Å². The Hall–Kier alpha value is -1.06. The van der Waals surface area contributed by atoms with Crippen LogP contribution >= 0.6 is 0 Å². The van der Waals surface area contributed by atoms with Crippen LogP contribution in [0.2, 0.25) is 0 Å². The van der Waals surface area contributed by atoms with Crippen molar-refractivity contribution in [2.45, 2.75) is 51.7 Å². The number of unbranched alkanes of at least 4 members (excludes halogenated alkanes) is 1. The van der Waals surface area contributed by atoms with Gasteiger partial charge >= 0.3 is 0 Å². The minimum absolute atomic E-state index is 0.294. The molecule has 0 fully saturated rings. The first-order chi connectivity index (χ1) is 9.80. The molecule has 0 spiro atoms. The second-order valence-corrected chi connectivity index (χ2v) is 5.40. The van der Waals surface area contributed by atoms with Gasteiger partial charge in [-0.2, -0.15) is 0 Å². The predicted molar refractivity (Wildman–Crippen MR) is 82.4 cm³/mol. The molecule has 0 radical (unpaired) electrons. The van der Waals surface area contributed by atoms with E-state index in [-0.39, 0.29) is 0 Å². The zero-order chi connectivity index (χ0) is 14.4. The maximum Gasteiger partial charge on any atom is 0.119 e. The number of hydrogen-bond acceptors (Lipinski definition) is 3. The summed E-state index contributed by atoms with van der Waals surface area (Å²) in [6.07, 6.45) is 4.78. The Morgan fingerprint density at radius 1 is 1.30 bits per heavy atom. The predicted octanol–water partition coefficient (Wildman–Crippen LogP) is 3.48. The average molecular weight is 277 g/mol. The minimum Gasteiger partial charge on any atom is -0.497 e. The van der Waals surface area contributed by atoms with Crippen LogP contribution in [0.4, 0.5) is 0 Å². The Morgan fingerprint density at radius 2 is 2.15 bits per heavy atom. The van der Waals surface area contributed by atoms with E-state index >= 15 is 0 Å². The Morgan fingerprint density at radius 3 is 2.85 bits per heavy atom. The zero-order valence-electron chi connectivity index (χ0n) is 12.9. The molecule has 1 aromatic rings. The molecule has 0 aromatic heterocycles. The number of aryl methyl sites for hydroxylation is 1. The van der Waals surface area contributed by atoms with Crippen LogP contribution in [-0.2, 0) is 11.2 Å². The van der Waals surface area contributed by atoms with Crippen molar-refractivity contribution in [3.8, 4) is 5.75 Å². The summed E-state index contributed by atoms with van der Waals surface area (Å²) in [5, 5.41) is 3.59. The van der Waals surface area contributed by atoms with Gasteiger partial charge in [-0.15, -0.1) is 0 Å². The lowest BCUT2D eigenvalue weighted by molar-refractivity contribution is 0.0145. The van der Waals surface area contributed by atoms with Crippen molar-refractivity contribution < 1.29 is 9.47 Å². The fourth-order valence-corrected chi connectivity index (χ4v) is 2.91. The molecule has 2 atom stereocenters. The molecule has 20 heavy (non-hydrogen) atoms. The van der Waals surface area contributed by atoms with Gasteiger partial charge in [0.2, 0.25) is 0 Å². The zero-order valence-corrected chi connectivity index (χ0v) is 12.9. The largest absolute Gasteiger partial charge is 0.497 e. The van der Waals surface area contributed by atoms with E-state index in [1.54, 1.807) is 7.11 Å². The van der Waals surface area contributed by atoms with Crippen molar-refractivity contribution in [3.05, 3.63) is 29.3 Å². The molecule has 0 saturated heterocycles. The molecular formula is C17H27NO2. The molecule has 2 unspecified atom stereocenters. The van der Waals surface area contributed by atoms with Crippen LogP contribution in [0.3, 0.4) is 0 Å². The number of rotatable bonds is 7. The molecule has 0 aliphatic heterocycles. The molecule has 1 aliphatic rings. The Bertz CT molecular complexity index is 419. The highest BCUT2D eigenvalue weighted by Gasteiger charge is 2.29. The molecule has 0 bridgehead atoms. The van der Waals surface area contributed by atoms with E-state index < -0.39 is 0 Å². The average Bonchev–Trinajstić information content (AvgIpc) is 2.49. The molecule has 0 amide bonds. The van der Waals surface area contributed by atoms with Crippen LogP contribution in [-0.4, -0.2) is 26.4 Å². The van der Waals surface area contributed by atoms with Crippen molar-refractivity contribution >= 4 is 0 Å². The maximum absolute atomic E-state index is 6.11. The number of fused-ring (bicyclic) bond motifs is 1. The van der Waals surface area contributed by atoms with Gasteiger partial charge in [-0.05, 0) is 49.1 Å². The van der Waals surface area contributed by atoms with Crippen LogP contribution in [0.5, 0.6) is 5.75 Å². The number of methoxy groups -OCH3 is 1. The summed E-state index contributed by atoms with van der Waals surface area (Å²) in [6.45, 7) is 6.19. The highest BCUT2D eigenvalue weighted by Crippen LogP contribution is 2.34. The first kappa shape index (κ1) is 15.3. The van der Waals surface area contributed by atoms with E-state index in [1.165, 1.54) is 17.5 Å². The molecule has 1 aromatic carbocycles. The summed E-state index contributed by atoms with van der Waals surface area (Å²) in [4.78, 5) is 0. The summed E-state index contributed by atoms with van der Waals surface area (Å²) in [6, 6.07) is 6.72. The topological polar surface area (TPSA) is 30.5 Å². The van der Waals surface area contributed by atoms with E-state index in [0.29, 0.717) is 12.1 Å². The summed E-state index contributed by atoms with van der Waals surface area (Å²) in [5.41, 5.74) is 2.77. The van der Waals surface area contributed by atoms with Crippen molar-refractivity contribution in [2.75, 3.05) is 20.3 Å². The van der Waals surface area contributed by atoms with E-state index in [9.17, 15) is 0 Å². The first-order valence-electron chi connectivity index (χ1n) is 7.82. The van der Waals surface area contributed by atoms with Crippen molar-refractivity contribution in [2.24, 2.45) is 0 Å². The molecule has 0 heterocycles. The van der Waals surface area contributed by atoms with Gasteiger partial charge in [-0.3, -0.25) is 0 Å². The summed E-state index contributed by atoms with van der Waals surface area (Å²) >= 11 is 0.